The number of phenolic OH excluding ortho intramolecular Hbond substituents is 1. The quantitative estimate of drug-likeness (QED) is 0.0270. The first-order valence-electron chi connectivity index (χ1n) is 19.2. The normalized spacial score (nSPS) is 15.7. The summed E-state index contributed by atoms with van der Waals surface area (Å²) in [6.07, 6.45) is 0. The molecule has 0 aliphatic carbocycles. The molecule has 29 heteroatoms. The van der Waals surface area contributed by atoms with E-state index in [2.05, 4.69) is 35.8 Å². The Hall–Kier alpha value is -7.19. The van der Waals surface area contributed by atoms with Crippen molar-refractivity contribution in [3.8, 4) is 17.2 Å². The molecule has 25 nitrogen and oxygen atoms in total. The lowest BCUT2D eigenvalue weighted by atomic mass is 10.1. The SMILES string of the molecule is O=C(O)C1=NN(c2ccc(S(=O)O)cc2)C(=O)C1N=Nc1ccc2c(O)c(N=Nc3cc(OCCO)c(N=Nc4ccc5c(S(=O)O)cccc5c4S(=O)O)cc3OCCO)c(S(=O)(=O)O)cc2c1. The number of hydrazone groups is 1. The fourth-order valence-corrected chi connectivity index (χ4v) is 8.81. The second kappa shape index (κ2) is 21.0. The summed E-state index contributed by atoms with van der Waals surface area (Å²) < 4.78 is 112. The van der Waals surface area contributed by atoms with Gasteiger partial charge in [-0.25, -0.2) is 17.4 Å². The Kier molecular flexibility index (Phi) is 15.1. The van der Waals surface area contributed by atoms with Crippen molar-refractivity contribution in [1.29, 1.82) is 0 Å². The predicted octanol–water partition coefficient (Wildman–Crippen LogP) is 6.20. The van der Waals surface area contributed by atoms with Crippen LogP contribution >= 0.6 is 0 Å². The zero-order valence-corrected chi connectivity index (χ0v) is 37.8. The van der Waals surface area contributed by atoms with Gasteiger partial charge in [0.25, 0.3) is 16.0 Å². The van der Waals surface area contributed by atoms with Crippen LogP contribution in [0.3, 0.4) is 0 Å². The molecule has 358 valence electrons. The number of carbonyl (C=O) groups is 2. The summed E-state index contributed by atoms with van der Waals surface area (Å²) in [4.78, 5) is 24.1. The maximum absolute atomic E-state index is 13.3. The third-order valence-corrected chi connectivity index (χ3v) is 12.6. The number of carboxylic acid groups (broad SMARTS) is 1. The maximum Gasteiger partial charge on any atom is 0.355 e. The van der Waals surface area contributed by atoms with Gasteiger partial charge in [-0.15, -0.1) is 20.5 Å². The molecule has 0 spiro atoms. The molecule has 8 N–H and O–H groups in total. The summed E-state index contributed by atoms with van der Waals surface area (Å²) in [6.45, 7) is -1.69. The van der Waals surface area contributed by atoms with Gasteiger partial charge >= 0.3 is 5.97 Å². The molecule has 6 aromatic carbocycles. The Morgan fingerprint density at radius 1 is 0.725 bits per heavy atom. The van der Waals surface area contributed by atoms with E-state index in [1.807, 2.05) is 0 Å². The first-order valence-corrected chi connectivity index (χ1v) is 24.0. The smallest absolute Gasteiger partial charge is 0.355 e. The molecule has 69 heavy (non-hydrogen) atoms. The molecular weight excluding hydrogens is 993 g/mol. The molecule has 1 aliphatic heterocycles. The molecule has 6 aromatic rings. The van der Waals surface area contributed by atoms with Crippen molar-refractivity contribution in [1.82, 2.24) is 0 Å². The van der Waals surface area contributed by atoms with Crippen LogP contribution in [0.25, 0.3) is 21.5 Å². The molecule has 1 aliphatic rings. The van der Waals surface area contributed by atoms with Crippen molar-refractivity contribution in [2.75, 3.05) is 31.4 Å². The Labute approximate surface area is 394 Å². The summed E-state index contributed by atoms with van der Waals surface area (Å²) in [7, 11) is -5.21. The van der Waals surface area contributed by atoms with Crippen LogP contribution in [0.5, 0.6) is 17.2 Å². The van der Waals surface area contributed by atoms with Crippen molar-refractivity contribution in [3.05, 3.63) is 91.0 Å². The van der Waals surface area contributed by atoms with Crippen LogP contribution in [-0.4, -0.2) is 110 Å². The fourth-order valence-electron chi connectivity index (χ4n) is 6.57. The van der Waals surface area contributed by atoms with Gasteiger partial charge in [0.1, 0.15) is 57.3 Å². The fraction of sp³-hybridized carbons (Fsp3) is 0.125. The van der Waals surface area contributed by atoms with Gasteiger partial charge in [-0.05, 0) is 66.0 Å². The third kappa shape index (κ3) is 10.8. The van der Waals surface area contributed by atoms with Gasteiger partial charge in [-0.3, -0.25) is 9.35 Å². The minimum atomic E-state index is -5.21. The second-order valence-corrected chi connectivity index (χ2v) is 18.1. The average molecular weight is 1030 g/mol. The van der Waals surface area contributed by atoms with Crippen LogP contribution < -0.4 is 14.5 Å². The van der Waals surface area contributed by atoms with Crippen LogP contribution in [0.4, 0.5) is 34.1 Å². The van der Waals surface area contributed by atoms with Crippen LogP contribution in [0.15, 0.2) is 146 Å². The number of aliphatic hydroxyl groups excluding tert-OH is 2. The van der Waals surface area contributed by atoms with E-state index in [9.17, 15) is 69.3 Å². The number of anilines is 1. The van der Waals surface area contributed by atoms with Crippen LogP contribution in [0.1, 0.15) is 0 Å². The summed E-state index contributed by atoms with van der Waals surface area (Å²) >= 11 is -7.45. The zero-order chi connectivity index (χ0) is 49.7. The maximum atomic E-state index is 13.3. The number of amides is 1. The van der Waals surface area contributed by atoms with Gasteiger partial charge in [-0.1, -0.05) is 18.2 Å². The van der Waals surface area contributed by atoms with Crippen LogP contribution in [-0.2, 0) is 52.9 Å². The average Bonchev–Trinajstić information content (AvgIpc) is 3.65. The monoisotopic (exact) mass is 1020 g/mol. The number of carbonyl (C=O) groups excluding carboxylic acids is 1. The van der Waals surface area contributed by atoms with Gasteiger partial charge in [0.2, 0.25) is 6.04 Å². The molecule has 1 heterocycles. The van der Waals surface area contributed by atoms with Gasteiger partial charge in [0, 0.05) is 28.3 Å². The van der Waals surface area contributed by atoms with E-state index in [0.29, 0.717) is 0 Å². The number of ether oxygens (including phenoxy) is 2. The number of carboxylic acids is 1. The summed E-state index contributed by atoms with van der Waals surface area (Å²) in [5.41, 5.74) is -2.05. The molecule has 0 fully saturated rings. The molecule has 4 unspecified atom stereocenters. The largest absolute Gasteiger partial charge is 0.505 e. The Morgan fingerprint density at radius 2 is 1.35 bits per heavy atom. The van der Waals surface area contributed by atoms with Crippen molar-refractivity contribution < 1.29 is 78.7 Å². The molecule has 4 atom stereocenters. The van der Waals surface area contributed by atoms with E-state index in [1.54, 1.807) is 0 Å². The lowest BCUT2D eigenvalue weighted by Crippen LogP contribution is -2.33. The number of rotatable bonds is 18. The van der Waals surface area contributed by atoms with Crippen LogP contribution in [0.2, 0.25) is 0 Å². The number of benzene rings is 6. The molecule has 0 bridgehead atoms. The highest BCUT2D eigenvalue weighted by Crippen LogP contribution is 2.46. The molecule has 1 amide bonds. The van der Waals surface area contributed by atoms with Crippen molar-refractivity contribution >= 4 is 117 Å². The van der Waals surface area contributed by atoms with E-state index < -0.39 is 96.5 Å². The zero-order valence-electron chi connectivity index (χ0n) is 34.5. The highest BCUT2D eigenvalue weighted by Gasteiger charge is 2.41. The lowest BCUT2D eigenvalue weighted by molar-refractivity contribution is -0.130. The van der Waals surface area contributed by atoms with Gasteiger partial charge < -0.3 is 43.6 Å². The number of fused-ring (bicyclic) bond motifs is 2. The molecule has 0 saturated carbocycles. The van der Waals surface area contributed by atoms with Gasteiger partial charge in [0.05, 0.1) is 34.4 Å². The number of hydrogen-bond donors (Lipinski definition) is 8. The van der Waals surface area contributed by atoms with E-state index in [0.717, 1.165) is 17.1 Å². The van der Waals surface area contributed by atoms with Crippen LogP contribution in [0, 0.1) is 0 Å². The number of aromatic hydroxyl groups is 1. The summed E-state index contributed by atoms with van der Waals surface area (Å²) in [5.74, 6) is -3.73. The third-order valence-electron chi connectivity index (χ3n) is 9.59. The van der Waals surface area contributed by atoms with Crippen molar-refractivity contribution in [2.45, 2.75) is 25.6 Å². The predicted molar refractivity (Wildman–Crippen MR) is 244 cm³/mol. The highest BCUT2D eigenvalue weighted by molar-refractivity contribution is 7.86. The number of phenols is 1. The van der Waals surface area contributed by atoms with Gasteiger partial charge in [0.15, 0.2) is 44.7 Å². The summed E-state index contributed by atoms with van der Waals surface area (Å²) in [5, 5.41) is 69.1. The number of aliphatic hydroxyl groups is 2. The number of aliphatic carboxylic acids is 1. The Morgan fingerprint density at radius 3 is 1.93 bits per heavy atom. The Bertz CT molecular complexity index is 3370. The van der Waals surface area contributed by atoms with E-state index in [1.165, 1.54) is 78.9 Å². The number of nitrogens with zero attached hydrogens (tertiary/aromatic N) is 8. The number of azo groups is 3. The summed E-state index contributed by atoms with van der Waals surface area (Å²) in [6, 6.07) is 17.0. The van der Waals surface area contributed by atoms with Gasteiger partial charge in [-0.2, -0.15) is 28.8 Å². The van der Waals surface area contributed by atoms with E-state index in [4.69, 9.17) is 9.47 Å². The topological polar surface area (TPSA) is 390 Å². The molecule has 0 radical (unpaired) electrons. The van der Waals surface area contributed by atoms with Crippen molar-refractivity contribution in [3.63, 3.8) is 0 Å². The molecule has 0 saturated heterocycles. The van der Waals surface area contributed by atoms with Crippen molar-refractivity contribution in [2.24, 2.45) is 35.8 Å². The lowest BCUT2D eigenvalue weighted by Gasteiger charge is -2.13. The van der Waals surface area contributed by atoms with E-state index in [-0.39, 0.29) is 89.4 Å². The molecular formula is C40H32N8O17S4. The second-order valence-electron chi connectivity index (χ2n) is 13.8. The molecule has 0 aromatic heterocycles. The molecule has 7 rings (SSSR count). The standard InChI is InChI=1S/C40H32N8O17S4/c49-12-14-64-30-19-29(31(65-15-13-50)18-28(30)43-42-27-11-10-25-26(38(27)68(59)60)2-1-3-32(25)67(57)58)44-45-34-33(69(61,62)63)17-20-16-21(4-9-24(20)37(34)51)41-46-35-36(40(53)54)47-48(39(35)52)22-5-7-23(8-6-22)66(55)56/h1-11,16-19,35,49-51H,12-15H2,(H,53,54)(H,55,56)(H,57,58)(H,59,60)(H,61,62,63). The minimum Gasteiger partial charge on any atom is -0.505 e. The number of hydrogen-bond acceptors (Lipinski definition) is 19. The Balaban J connectivity index is 1.24. The first-order chi connectivity index (χ1) is 32.9. The van der Waals surface area contributed by atoms with E-state index >= 15 is 0 Å². The highest BCUT2D eigenvalue weighted by atomic mass is 32.2. The minimum absolute atomic E-state index is 0.00455. The first kappa shape index (κ1) is 49.7.